The molecule has 0 radical (unpaired) electrons. The Morgan fingerprint density at radius 3 is 2.05 bits per heavy atom. The molecule has 1 fully saturated rings. The first kappa shape index (κ1) is 15.1. The van der Waals surface area contributed by atoms with Crippen LogP contribution >= 0.6 is 0 Å². The molecule has 1 aliphatic rings. The van der Waals surface area contributed by atoms with Crippen LogP contribution < -0.4 is 0 Å². The SMILES string of the molecule is CCC(CC)(C(=O)c1cc(F)cc(F)c1)N1CCCC1. The number of benzene rings is 1. The molecule has 1 aromatic carbocycles. The van der Waals surface area contributed by atoms with E-state index in [1.165, 1.54) is 0 Å². The Balaban J connectivity index is 2.40. The highest BCUT2D eigenvalue weighted by Crippen LogP contribution is 2.32. The second kappa shape index (κ2) is 6.00. The first-order valence-corrected chi connectivity index (χ1v) is 7.29. The first-order chi connectivity index (χ1) is 9.53. The van der Waals surface area contributed by atoms with E-state index >= 15 is 0 Å². The Morgan fingerprint density at radius 2 is 1.60 bits per heavy atom. The predicted molar refractivity (Wildman–Crippen MR) is 74.8 cm³/mol. The van der Waals surface area contributed by atoms with Crippen molar-refractivity contribution in [1.82, 2.24) is 4.90 Å². The van der Waals surface area contributed by atoms with Crippen molar-refractivity contribution in [2.24, 2.45) is 0 Å². The minimum Gasteiger partial charge on any atom is -0.292 e. The molecule has 0 atom stereocenters. The quantitative estimate of drug-likeness (QED) is 0.765. The summed E-state index contributed by atoms with van der Waals surface area (Å²) in [5, 5.41) is 0. The molecule has 0 aromatic heterocycles. The van der Waals surface area contributed by atoms with Crippen LogP contribution in [0.4, 0.5) is 8.78 Å². The molecule has 1 saturated heterocycles. The van der Waals surface area contributed by atoms with E-state index in [0.29, 0.717) is 12.8 Å². The Morgan fingerprint density at radius 1 is 1.10 bits per heavy atom. The molecule has 1 heterocycles. The van der Waals surface area contributed by atoms with Crippen molar-refractivity contribution in [3.05, 3.63) is 35.4 Å². The lowest BCUT2D eigenvalue weighted by atomic mass is 9.82. The van der Waals surface area contributed by atoms with E-state index < -0.39 is 17.2 Å². The molecule has 0 spiro atoms. The minimum absolute atomic E-state index is 0.137. The fourth-order valence-corrected chi connectivity index (χ4v) is 3.26. The molecule has 2 rings (SSSR count). The van der Waals surface area contributed by atoms with Crippen molar-refractivity contribution in [2.45, 2.75) is 45.1 Å². The monoisotopic (exact) mass is 281 g/mol. The smallest absolute Gasteiger partial charge is 0.183 e. The molecule has 20 heavy (non-hydrogen) atoms. The number of likely N-dealkylation sites (tertiary alicyclic amines) is 1. The Kier molecular flexibility index (Phi) is 4.53. The van der Waals surface area contributed by atoms with Crippen LogP contribution in [0, 0.1) is 11.6 Å². The largest absolute Gasteiger partial charge is 0.292 e. The van der Waals surface area contributed by atoms with Crippen LogP contribution in [0.3, 0.4) is 0 Å². The molecule has 0 aliphatic carbocycles. The molecule has 0 N–H and O–H groups in total. The fourth-order valence-electron chi connectivity index (χ4n) is 3.26. The summed E-state index contributed by atoms with van der Waals surface area (Å²) in [6.07, 6.45) is 3.46. The van der Waals surface area contributed by atoms with Crippen LogP contribution in [0.5, 0.6) is 0 Å². The summed E-state index contributed by atoms with van der Waals surface area (Å²) < 4.78 is 26.7. The van der Waals surface area contributed by atoms with Crippen molar-refractivity contribution >= 4 is 5.78 Å². The Hall–Kier alpha value is -1.29. The third-order valence-electron chi connectivity index (χ3n) is 4.43. The van der Waals surface area contributed by atoms with Crippen molar-refractivity contribution in [3.8, 4) is 0 Å². The van der Waals surface area contributed by atoms with Crippen LogP contribution in [-0.2, 0) is 0 Å². The van der Waals surface area contributed by atoms with E-state index in [4.69, 9.17) is 0 Å². The lowest BCUT2D eigenvalue weighted by Crippen LogP contribution is -2.52. The zero-order valence-electron chi connectivity index (χ0n) is 12.1. The molecule has 0 saturated carbocycles. The van der Waals surface area contributed by atoms with Gasteiger partial charge in [-0.15, -0.1) is 0 Å². The second-order valence-corrected chi connectivity index (χ2v) is 5.42. The van der Waals surface area contributed by atoms with Crippen molar-refractivity contribution in [3.63, 3.8) is 0 Å². The molecule has 0 unspecified atom stereocenters. The van der Waals surface area contributed by atoms with Gasteiger partial charge in [-0.2, -0.15) is 0 Å². The van der Waals surface area contributed by atoms with E-state index in [1.807, 2.05) is 13.8 Å². The van der Waals surface area contributed by atoms with Gasteiger partial charge in [-0.05, 0) is 50.9 Å². The van der Waals surface area contributed by atoms with Crippen molar-refractivity contribution in [1.29, 1.82) is 0 Å². The molecule has 1 aromatic rings. The molecular formula is C16H21F2NO. The van der Waals surface area contributed by atoms with E-state index in [1.54, 1.807) is 0 Å². The number of carbonyl (C=O) groups is 1. The standard InChI is InChI=1S/C16H21F2NO/c1-3-16(4-2,19-7-5-6-8-19)15(20)12-9-13(17)11-14(18)10-12/h9-11H,3-8H2,1-2H3. The number of rotatable bonds is 5. The lowest BCUT2D eigenvalue weighted by Gasteiger charge is -2.39. The fraction of sp³-hybridized carbons (Fsp3) is 0.562. The summed E-state index contributed by atoms with van der Waals surface area (Å²) in [6, 6.07) is 3.08. The summed E-state index contributed by atoms with van der Waals surface area (Å²) in [6.45, 7) is 5.70. The predicted octanol–water partition coefficient (Wildman–Crippen LogP) is 3.80. The maximum Gasteiger partial charge on any atom is 0.183 e. The summed E-state index contributed by atoms with van der Waals surface area (Å²) in [5.74, 6) is -1.56. The third kappa shape index (κ3) is 2.62. The van der Waals surface area contributed by atoms with E-state index in [0.717, 1.165) is 44.1 Å². The van der Waals surface area contributed by atoms with Crippen LogP contribution in [0.2, 0.25) is 0 Å². The zero-order valence-corrected chi connectivity index (χ0v) is 12.1. The molecule has 4 heteroatoms. The number of nitrogens with zero attached hydrogens (tertiary/aromatic N) is 1. The summed E-state index contributed by atoms with van der Waals surface area (Å²) in [4.78, 5) is 15.0. The van der Waals surface area contributed by atoms with Gasteiger partial charge in [0.25, 0.3) is 0 Å². The van der Waals surface area contributed by atoms with Gasteiger partial charge >= 0.3 is 0 Å². The van der Waals surface area contributed by atoms with Gasteiger partial charge in [-0.1, -0.05) is 13.8 Å². The highest BCUT2D eigenvalue weighted by Gasteiger charge is 2.42. The average molecular weight is 281 g/mol. The second-order valence-electron chi connectivity index (χ2n) is 5.42. The Labute approximate surface area is 118 Å². The van der Waals surface area contributed by atoms with Gasteiger partial charge in [0, 0.05) is 11.6 Å². The zero-order chi connectivity index (χ0) is 14.8. The molecule has 0 amide bonds. The summed E-state index contributed by atoms with van der Waals surface area (Å²) in [5.41, 5.74) is -0.491. The number of ketones is 1. The lowest BCUT2D eigenvalue weighted by molar-refractivity contribution is 0.0580. The molecule has 2 nitrogen and oxygen atoms in total. The van der Waals surface area contributed by atoms with E-state index in [-0.39, 0.29) is 11.3 Å². The normalized spacial score (nSPS) is 16.6. The van der Waals surface area contributed by atoms with Crippen molar-refractivity contribution < 1.29 is 13.6 Å². The molecular weight excluding hydrogens is 260 g/mol. The number of halogens is 2. The summed E-state index contributed by atoms with van der Waals surface area (Å²) >= 11 is 0. The van der Waals surface area contributed by atoms with Gasteiger partial charge in [0.05, 0.1) is 5.54 Å². The van der Waals surface area contributed by atoms with E-state index in [9.17, 15) is 13.6 Å². The maximum absolute atomic E-state index is 13.4. The molecule has 110 valence electrons. The van der Waals surface area contributed by atoms with Gasteiger partial charge in [0.15, 0.2) is 5.78 Å². The molecule has 1 aliphatic heterocycles. The van der Waals surface area contributed by atoms with Gasteiger partial charge in [-0.25, -0.2) is 8.78 Å². The van der Waals surface area contributed by atoms with Gasteiger partial charge in [0.2, 0.25) is 0 Å². The van der Waals surface area contributed by atoms with Crippen LogP contribution in [0.1, 0.15) is 49.9 Å². The highest BCUT2D eigenvalue weighted by molar-refractivity contribution is 6.03. The number of Topliss-reactive ketones (excluding diaryl/α,β-unsaturated/α-hetero) is 1. The first-order valence-electron chi connectivity index (χ1n) is 7.29. The van der Waals surface area contributed by atoms with Crippen molar-refractivity contribution in [2.75, 3.05) is 13.1 Å². The van der Waals surface area contributed by atoms with Crippen LogP contribution in [0.25, 0.3) is 0 Å². The number of carbonyl (C=O) groups excluding carboxylic acids is 1. The summed E-state index contributed by atoms with van der Waals surface area (Å²) in [7, 11) is 0. The van der Waals surface area contributed by atoms with Crippen LogP contribution in [-0.4, -0.2) is 29.3 Å². The molecule has 0 bridgehead atoms. The van der Waals surface area contributed by atoms with Crippen LogP contribution in [0.15, 0.2) is 18.2 Å². The topological polar surface area (TPSA) is 20.3 Å². The highest BCUT2D eigenvalue weighted by atomic mass is 19.1. The number of hydrogen-bond donors (Lipinski definition) is 0. The van der Waals surface area contributed by atoms with Gasteiger partial charge in [0.1, 0.15) is 11.6 Å². The van der Waals surface area contributed by atoms with E-state index in [2.05, 4.69) is 4.90 Å². The van der Waals surface area contributed by atoms with Gasteiger partial charge in [-0.3, -0.25) is 9.69 Å². The Bertz CT molecular complexity index is 471. The maximum atomic E-state index is 13.4. The average Bonchev–Trinajstić information content (AvgIpc) is 2.94. The third-order valence-corrected chi connectivity index (χ3v) is 4.43. The van der Waals surface area contributed by atoms with Gasteiger partial charge < -0.3 is 0 Å². The number of hydrogen-bond acceptors (Lipinski definition) is 2. The minimum atomic E-state index is -0.698.